The molecule has 11 heavy (non-hydrogen) atoms. The van der Waals surface area contributed by atoms with Crippen molar-refractivity contribution in [3.8, 4) is 0 Å². The van der Waals surface area contributed by atoms with Crippen molar-refractivity contribution in [1.82, 2.24) is 0 Å². The topological polar surface area (TPSA) is 20.2 Å². The van der Waals surface area contributed by atoms with Gasteiger partial charge >= 0.3 is 0 Å². The Kier molecular flexibility index (Phi) is 3.18. The molecule has 60 valence electrons. The van der Waals surface area contributed by atoms with Crippen LogP contribution < -0.4 is 0 Å². The van der Waals surface area contributed by atoms with Gasteiger partial charge in [0.2, 0.25) is 0 Å². The summed E-state index contributed by atoms with van der Waals surface area (Å²) in [6.07, 6.45) is 0. The number of rotatable bonds is 2. The van der Waals surface area contributed by atoms with Crippen molar-refractivity contribution in [3.63, 3.8) is 0 Å². The molecule has 0 amide bonds. The fourth-order valence-corrected chi connectivity index (χ4v) is 1.34. The highest BCUT2D eigenvalue weighted by atomic mass is 35.5. The summed E-state index contributed by atoms with van der Waals surface area (Å²) in [7, 11) is 0. The molecule has 0 aliphatic heterocycles. The fourth-order valence-electron chi connectivity index (χ4n) is 0.827. The van der Waals surface area contributed by atoms with E-state index >= 15 is 0 Å². The first-order valence-electron chi connectivity index (χ1n) is 3.25. The Morgan fingerprint density at radius 2 is 2.00 bits per heavy atom. The summed E-state index contributed by atoms with van der Waals surface area (Å²) in [6.45, 7) is -0.0920. The van der Waals surface area contributed by atoms with E-state index in [1.165, 1.54) is 0 Å². The Labute approximate surface area is 75.6 Å². The van der Waals surface area contributed by atoms with Crippen LogP contribution >= 0.6 is 23.2 Å². The Hall–Kier alpha value is -0.240. The summed E-state index contributed by atoms with van der Waals surface area (Å²) in [5, 5.41) is 8.92. The molecular weight excluding hydrogens is 183 g/mol. The molecule has 0 aliphatic rings. The van der Waals surface area contributed by atoms with Crippen LogP contribution in [0.5, 0.6) is 0 Å². The van der Waals surface area contributed by atoms with Crippen molar-refractivity contribution in [1.29, 1.82) is 0 Å². The molecule has 1 N–H and O–H groups in total. The Morgan fingerprint density at radius 3 is 2.55 bits per heavy atom. The largest absolute Gasteiger partial charge is 0.394 e. The van der Waals surface area contributed by atoms with Crippen LogP contribution in [0.1, 0.15) is 10.9 Å². The van der Waals surface area contributed by atoms with E-state index < -0.39 is 5.38 Å². The van der Waals surface area contributed by atoms with E-state index in [9.17, 15) is 0 Å². The van der Waals surface area contributed by atoms with Crippen molar-refractivity contribution >= 4 is 23.2 Å². The van der Waals surface area contributed by atoms with E-state index in [0.29, 0.717) is 5.02 Å². The quantitative estimate of drug-likeness (QED) is 0.712. The Bertz CT molecular complexity index is 237. The van der Waals surface area contributed by atoms with Gasteiger partial charge in [-0.05, 0) is 11.6 Å². The zero-order chi connectivity index (χ0) is 8.27. The normalized spacial score (nSPS) is 13.0. The van der Waals surface area contributed by atoms with Crippen molar-refractivity contribution in [3.05, 3.63) is 34.9 Å². The van der Waals surface area contributed by atoms with Crippen LogP contribution in [-0.2, 0) is 0 Å². The molecule has 1 aromatic rings. The van der Waals surface area contributed by atoms with Gasteiger partial charge < -0.3 is 5.11 Å². The number of halogens is 2. The van der Waals surface area contributed by atoms with E-state index in [-0.39, 0.29) is 6.61 Å². The summed E-state index contributed by atoms with van der Waals surface area (Å²) in [5.74, 6) is 0. The lowest BCUT2D eigenvalue weighted by molar-refractivity contribution is 0.294. The molecule has 0 heterocycles. The molecule has 0 aromatic heterocycles. The second-order valence-corrected chi connectivity index (χ2v) is 3.11. The lowest BCUT2D eigenvalue weighted by Gasteiger charge is -2.06. The first-order chi connectivity index (χ1) is 5.25. The molecule has 1 unspecified atom stereocenters. The van der Waals surface area contributed by atoms with Crippen molar-refractivity contribution in [2.24, 2.45) is 0 Å². The standard InChI is InChI=1S/C8H8Cl2O/c9-7-4-2-1-3-6(7)8(10)5-11/h1-4,8,11H,5H2. The van der Waals surface area contributed by atoms with Crippen LogP contribution in [0.3, 0.4) is 0 Å². The van der Waals surface area contributed by atoms with Crippen LogP contribution in [-0.4, -0.2) is 11.7 Å². The fraction of sp³-hybridized carbons (Fsp3) is 0.250. The van der Waals surface area contributed by atoms with Crippen molar-refractivity contribution in [2.45, 2.75) is 5.38 Å². The van der Waals surface area contributed by atoms with Gasteiger partial charge in [-0.25, -0.2) is 0 Å². The van der Waals surface area contributed by atoms with E-state index in [1.807, 2.05) is 12.1 Å². The second-order valence-electron chi connectivity index (χ2n) is 2.17. The van der Waals surface area contributed by atoms with Crippen molar-refractivity contribution in [2.75, 3.05) is 6.61 Å². The van der Waals surface area contributed by atoms with Crippen LogP contribution in [0.15, 0.2) is 24.3 Å². The number of alkyl halides is 1. The monoisotopic (exact) mass is 190 g/mol. The lowest BCUT2D eigenvalue weighted by atomic mass is 10.1. The van der Waals surface area contributed by atoms with E-state index in [4.69, 9.17) is 28.3 Å². The summed E-state index contributed by atoms with van der Waals surface area (Å²) in [4.78, 5) is 0. The first kappa shape index (κ1) is 8.85. The SMILES string of the molecule is OCC(Cl)c1ccccc1Cl. The van der Waals surface area contributed by atoms with Crippen LogP contribution in [0.4, 0.5) is 0 Å². The van der Waals surface area contributed by atoms with Gasteiger partial charge in [-0.2, -0.15) is 0 Å². The summed E-state index contributed by atoms with van der Waals surface area (Å²) < 4.78 is 0. The number of aliphatic hydroxyl groups is 1. The van der Waals surface area contributed by atoms with E-state index in [2.05, 4.69) is 0 Å². The van der Waals surface area contributed by atoms with Gasteiger partial charge in [-0.15, -0.1) is 11.6 Å². The smallest absolute Gasteiger partial charge is 0.0830 e. The minimum absolute atomic E-state index is 0.0920. The van der Waals surface area contributed by atoms with Gasteiger partial charge in [0.15, 0.2) is 0 Å². The number of hydrogen-bond donors (Lipinski definition) is 1. The average molecular weight is 191 g/mol. The molecule has 0 saturated carbocycles. The third kappa shape index (κ3) is 2.09. The van der Waals surface area contributed by atoms with E-state index in [0.717, 1.165) is 5.56 Å². The molecule has 0 spiro atoms. The Morgan fingerprint density at radius 1 is 1.36 bits per heavy atom. The highest BCUT2D eigenvalue weighted by Gasteiger charge is 2.08. The molecule has 0 saturated heterocycles. The van der Waals surface area contributed by atoms with Gasteiger partial charge in [0, 0.05) is 5.02 Å². The minimum atomic E-state index is -0.399. The third-order valence-corrected chi connectivity index (χ3v) is 2.12. The molecule has 1 aromatic carbocycles. The zero-order valence-corrected chi connectivity index (χ0v) is 7.31. The summed E-state index contributed by atoms with van der Waals surface area (Å²) in [5.41, 5.74) is 0.776. The van der Waals surface area contributed by atoms with Gasteiger partial charge in [0.1, 0.15) is 0 Å². The molecule has 0 aliphatic carbocycles. The predicted molar refractivity (Wildman–Crippen MR) is 47.1 cm³/mol. The maximum absolute atomic E-state index is 8.72. The highest BCUT2D eigenvalue weighted by molar-refractivity contribution is 6.32. The number of benzene rings is 1. The van der Waals surface area contributed by atoms with Crippen LogP contribution in [0.2, 0.25) is 5.02 Å². The molecule has 0 bridgehead atoms. The Balaban J connectivity index is 2.93. The molecule has 0 fully saturated rings. The number of aliphatic hydroxyl groups excluding tert-OH is 1. The van der Waals surface area contributed by atoms with Crippen molar-refractivity contribution < 1.29 is 5.11 Å². The average Bonchev–Trinajstić information content (AvgIpc) is 2.04. The molecule has 1 atom stereocenters. The predicted octanol–water partition coefficient (Wildman–Crippen LogP) is 2.61. The zero-order valence-electron chi connectivity index (χ0n) is 5.80. The number of hydrogen-bond acceptors (Lipinski definition) is 1. The molecule has 3 heteroatoms. The maximum atomic E-state index is 8.72. The molecule has 1 rings (SSSR count). The highest BCUT2D eigenvalue weighted by Crippen LogP contribution is 2.26. The van der Waals surface area contributed by atoms with Gasteiger partial charge in [0.25, 0.3) is 0 Å². The van der Waals surface area contributed by atoms with Gasteiger partial charge in [-0.3, -0.25) is 0 Å². The van der Waals surface area contributed by atoms with Crippen LogP contribution in [0.25, 0.3) is 0 Å². The third-order valence-electron chi connectivity index (χ3n) is 1.40. The van der Waals surface area contributed by atoms with Gasteiger partial charge in [0.05, 0.1) is 12.0 Å². The molecule has 0 radical (unpaired) electrons. The van der Waals surface area contributed by atoms with Gasteiger partial charge in [-0.1, -0.05) is 29.8 Å². The second kappa shape index (κ2) is 3.96. The lowest BCUT2D eigenvalue weighted by Crippen LogP contribution is -1.95. The molecule has 1 nitrogen and oxygen atoms in total. The van der Waals surface area contributed by atoms with Crippen LogP contribution in [0, 0.1) is 0 Å². The molecular formula is C8H8Cl2O. The minimum Gasteiger partial charge on any atom is -0.394 e. The first-order valence-corrected chi connectivity index (χ1v) is 4.06. The maximum Gasteiger partial charge on any atom is 0.0830 e. The summed E-state index contributed by atoms with van der Waals surface area (Å²) >= 11 is 11.6. The van der Waals surface area contributed by atoms with E-state index in [1.54, 1.807) is 12.1 Å². The summed E-state index contributed by atoms with van der Waals surface area (Å²) in [6, 6.07) is 7.22.